The molecule has 4 rings (SSSR count). The number of rotatable bonds is 5. The average Bonchev–Trinajstić information content (AvgIpc) is 3.35. The van der Waals surface area contributed by atoms with E-state index in [0.717, 1.165) is 51.5 Å². The van der Waals surface area contributed by atoms with Gasteiger partial charge in [0.05, 0.1) is 13.2 Å². The highest BCUT2D eigenvalue weighted by Crippen LogP contribution is 2.45. The molecule has 1 aliphatic heterocycles. The SMILES string of the molecule is CC(C)(C(=O)Nc1cc(CN2CCOCC2)c2c(n1)CCC2)C1CC1. The van der Waals surface area contributed by atoms with Crippen LogP contribution in [0, 0.1) is 11.3 Å². The molecule has 2 heterocycles. The summed E-state index contributed by atoms with van der Waals surface area (Å²) in [5, 5.41) is 3.12. The second-order valence-electron chi connectivity index (χ2n) is 8.28. The number of nitrogens with zero attached hydrogens (tertiary/aromatic N) is 2. The highest BCUT2D eigenvalue weighted by Gasteiger charge is 2.43. The second kappa shape index (κ2) is 6.69. The van der Waals surface area contributed by atoms with Crippen molar-refractivity contribution in [2.75, 3.05) is 31.6 Å². The van der Waals surface area contributed by atoms with Crippen LogP contribution in [0.4, 0.5) is 5.82 Å². The van der Waals surface area contributed by atoms with Crippen LogP contribution in [0.5, 0.6) is 0 Å². The van der Waals surface area contributed by atoms with E-state index in [1.165, 1.54) is 36.1 Å². The zero-order valence-corrected chi connectivity index (χ0v) is 15.4. The predicted molar refractivity (Wildman–Crippen MR) is 97.5 cm³/mol. The van der Waals surface area contributed by atoms with E-state index in [9.17, 15) is 4.79 Å². The Kier molecular flexibility index (Phi) is 4.54. The van der Waals surface area contributed by atoms with Gasteiger partial charge in [-0.05, 0) is 55.2 Å². The van der Waals surface area contributed by atoms with E-state index in [-0.39, 0.29) is 11.3 Å². The molecule has 1 saturated heterocycles. The summed E-state index contributed by atoms with van der Waals surface area (Å²) in [5.41, 5.74) is 3.63. The Morgan fingerprint density at radius 2 is 2.08 bits per heavy atom. The smallest absolute Gasteiger partial charge is 0.231 e. The maximum absolute atomic E-state index is 12.7. The Hall–Kier alpha value is -1.46. The van der Waals surface area contributed by atoms with E-state index in [1.807, 2.05) is 0 Å². The zero-order chi connectivity index (χ0) is 17.4. The van der Waals surface area contributed by atoms with Crippen molar-refractivity contribution in [3.05, 3.63) is 22.9 Å². The Bertz CT molecular complexity index is 661. The number of fused-ring (bicyclic) bond motifs is 1. The molecule has 0 unspecified atom stereocenters. The van der Waals surface area contributed by atoms with Crippen LogP contribution in [0.2, 0.25) is 0 Å². The molecule has 0 bridgehead atoms. The fraction of sp³-hybridized carbons (Fsp3) is 0.700. The summed E-state index contributed by atoms with van der Waals surface area (Å²) in [4.78, 5) is 19.9. The maximum Gasteiger partial charge on any atom is 0.231 e. The molecule has 5 nitrogen and oxygen atoms in total. The number of amides is 1. The number of anilines is 1. The molecule has 0 aromatic carbocycles. The fourth-order valence-electron chi connectivity index (χ4n) is 4.10. The summed E-state index contributed by atoms with van der Waals surface area (Å²) in [5.74, 6) is 1.37. The van der Waals surface area contributed by atoms with E-state index < -0.39 is 0 Å². The van der Waals surface area contributed by atoms with E-state index >= 15 is 0 Å². The first kappa shape index (κ1) is 17.0. The summed E-state index contributed by atoms with van der Waals surface area (Å²) in [6, 6.07) is 2.11. The number of aryl methyl sites for hydroxylation is 1. The highest BCUT2D eigenvalue weighted by molar-refractivity contribution is 5.94. The van der Waals surface area contributed by atoms with Crippen molar-refractivity contribution in [3.63, 3.8) is 0 Å². The first-order valence-electron chi connectivity index (χ1n) is 9.67. The summed E-state index contributed by atoms with van der Waals surface area (Å²) in [7, 11) is 0. The molecule has 5 heteroatoms. The first-order valence-corrected chi connectivity index (χ1v) is 9.67. The van der Waals surface area contributed by atoms with Gasteiger partial charge in [-0.2, -0.15) is 0 Å². The van der Waals surface area contributed by atoms with E-state index in [2.05, 4.69) is 30.1 Å². The van der Waals surface area contributed by atoms with E-state index in [4.69, 9.17) is 9.72 Å². The third kappa shape index (κ3) is 3.58. The van der Waals surface area contributed by atoms with Crippen molar-refractivity contribution in [1.29, 1.82) is 0 Å². The van der Waals surface area contributed by atoms with E-state index in [1.54, 1.807) is 0 Å². The summed E-state index contributed by atoms with van der Waals surface area (Å²) < 4.78 is 5.46. The number of morpholine rings is 1. The molecule has 0 atom stereocenters. The molecule has 136 valence electrons. The average molecular weight is 343 g/mol. The molecule has 1 N–H and O–H groups in total. The van der Waals surface area contributed by atoms with Gasteiger partial charge >= 0.3 is 0 Å². The van der Waals surface area contributed by atoms with Gasteiger partial charge in [0.1, 0.15) is 5.82 Å². The number of nitrogens with one attached hydrogen (secondary N) is 1. The van der Waals surface area contributed by atoms with Crippen molar-refractivity contribution in [1.82, 2.24) is 9.88 Å². The molecule has 1 saturated carbocycles. The zero-order valence-electron chi connectivity index (χ0n) is 15.4. The summed E-state index contributed by atoms with van der Waals surface area (Å²) in [6.45, 7) is 8.63. The molecule has 2 aliphatic carbocycles. The van der Waals surface area contributed by atoms with Crippen LogP contribution < -0.4 is 5.32 Å². The molecule has 0 spiro atoms. The first-order chi connectivity index (χ1) is 12.0. The minimum atomic E-state index is -0.301. The Labute approximate surface area is 150 Å². The molecule has 2 fully saturated rings. The number of aromatic nitrogens is 1. The lowest BCUT2D eigenvalue weighted by molar-refractivity contribution is -0.124. The Morgan fingerprint density at radius 1 is 1.32 bits per heavy atom. The minimum Gasteiger partial charge on any atom is -0.379 e. The van der Waals surface area contributed by atoms with Gasteiger partial charge in [-0.15, -0.1) is 0 Å². The molecule has 25 heavy (non-hydrogen) atoms. The van der Waals surface area contributed by atoms with Crippen LogP contribution in [0.1, 0.15) is 49.9 Å². The number of carbonyl (C=O) groups is 1. The van der Waals surface area contributed by atoms with Crippen molar-refractivity contribution in [3.8, 4) is 0 Å². The lowest BCUT2D eigenvalue weighted by atomic mass is 9.86. The molecule has 1 amide bonds. The third-order valence-corrected chi connectivity index (χ3v) is 6.07. The Balaban J connectivity index is 1.54. The second-order valence-corrected chi connectivity index (χ2v) is 8.28. The normalized spacial score (nSPS) is 21.2. The van der Waals surface area contributed by atoms with Gasteiger partial charge in [-0.3, -0.25) is 9.69 Å². The summed E-state index contributed by atoms with van der Waals surface area (Å²) in [6.07, 6.45) is 5.65. The van der Waals surface area contributed by atoms with Crippen LogP contribution in [0.15, 0.2) is 6.07 Å². The minimum absolute atomic E-state index is 0.109. The molecule has 0 radical (unpaired) electrons. The van der Waals surface area contributed by atoms with Gasteiger partial charge in [0.25, 0.3) is 0 Å². The topological polar surface area (TPSA) is 54.5 Å². The molecule has 1 aromatic heterocycles. The maximum atomic E-state index is 12.7. The number of pyridine rings is 1. The number of hydrogen-bond acceptors (Lipinski definition) is 4. The number of carbonyl (C=O) groups excluding carboxylic acids is 1. The van der Waals surface area contributed by atoms with Gasteiger partial charge in [-0.1, -0.05) is 13.8 Å². The van der Waals surface area contributed by atoms with Gasteiger partial charge in [0.2, 0.25) is 5.91 Å². The number of ether oxygens (including phenoxy) is 1. The van der Waals surface area contributed by atoms with Crippen molar-refractivity contribution in [2.24, 2.45) is 11.3 Å². The molecule has 3 aliphatic rings. The Morgan fingerprint density at radius 3 is 2.80 bits per heavy atom. The fourth-order valence-corrected chi connectivity index (χ4v) is 4.10. The quantitative estimate of drug-likeness (QED) is 0.893. The van der Waals surface area contributed by atoms with Gasteiger partial charge in [0.15, 0.2) is 0 Å². The highest BCUT2D eigenvalue weighted by atomic mass is 16.5. The largest absolute Gasteiger partial charge is 0.379 e. The lowest BCUT2D eigenvalue weighted by Crippen LogP contribution is -2.36. The van der Waals surface area contributed by atoms with Crippen LogP contribution in [-0.4, -0.2) is 42.1 Å². The standard InChI is InChI=1S/C20H29N3O2/c1-20(2,15-6-7-15)19(24)22-18-12-14(13-23-8-10-25-11-9-23)16-4-3-5-17(16)21-18/h12,15H,3-11,13H2,1-2H3,(H,21,22,24). The van der Waals surface area contributed by atoms with Crippen LogP contribution >= 0.6 is 0 Å². The molecule has 1 aromatic rings. The van der Waals surface area contributed by atoms with Gasteiger partial charge < -0.3 is 10.1 Å². The van der Waals surface area contributed by atoms with Crippen molar-refractivity contribution < 1.29 is 9.53 Å². The molecular weight excluding hydrogens is 314 g/mol. The van der Waals surface area contributed by atoms with E-state index in [0.29, 0.717) is 5.92 Å². The van der Waals surface area contributed by atoms with Crippen molar-refractivity contribution >= 4 is 11.7 Å². The lowest BCUT2D eigenvalue weighted by Gasteiger charge is -2.28. The van der Waals surface area contributed by atoms with Crippen molar-refractivity contribution in [2.45, 2.75) is 52.5 Å². The van der Waals surface area contributed by atoms with Gasteiger partial charge in [-0.25, -0.2) is 4.98 Å². The van der Waals surface area contributed by atoms with Crippen LogP contribution in [-0.2, 0) is 28.9 Å². The number of hydrogen-bond donors (Lipinski definition) is 1. The summed E-state index contributed by atoms with van der Waals surface area (Å²) >= 11 is 0. The van der Waals surface area contributed by atoms with Crippen LogP contribution in [0.25, 0.3) is 0 Å². The molecular formula is C20H29N3O2. The monoisotopic (exact) mass is 343 g/mol. The van der Waals surface area contributed by atoms with Gasteiger partial charge in [0, 0.05) is 30.7 Å². The van der Waals surface area contributed by atoms with Crippen LogP contribution in [0.3, 0.4) is 0 Å². The predicted octanol–water partition coefficient (Wildman–Crippen LogP) is 2.78. The third-order valence-electron chi connectivity index (χ3n) is 6.07.